The maximum atomic E-state index is 12.2. The Kier molecular flexibility index (Phi) is 4.92. The monoisotopic (exact) mass is 269 g/mol. The van der Waals surface area contributed by atoms with E-state index in [-0.39, 0.29) is 11.9 Å². The summed E-state index contributed by atoms with van der Waals surface area (Å²) in [5.41, 5.74) is 0. The molecule has 0 bridgehead atoms. The fourth-order valence-electron chi connectivity index (χ4n) is 2.28. The van der Waals surface area contributed by atoms with E-state index in [1.165, 1.54) is 6.42 Å². The SMILES string of the molecule is CC1CN=C(NC(C)C(=O)N2CCCCC2)SC1. The van der Waals surface area contributed by atoms with Gasteiger partial charge in [0.1, 0.15) is 6.04 Å². The Morgan fingerprint density at radius 3 is 2.78 bits per heavy atom. The molecule has 5 heteroatoms. The molecule has 2 heterocycles. The number of nitrogens with one attached hydrogen (secondary N) is 1. The number of hydrogen-bond donors (Lipinski definition) is 1. The lowest BCUT2D eigenvalue weighted by Crippen LogP contribution is -2.48. The summed E-state index contributed by atoms with van der Waals surface area (Å²) in [5.74, 6) is 1.96. The number of carbonyl (C=O) groups excluding carboxylic acids is 1. The van der Waals surface area contributed by atoms with E-state index in [4.69, 9.17) is 0 Å². The minimum absolute atomic E-state index is 0.150. The second-order valence-electron chi connectivity index (χ2n) is 5.31. The first-order valence-electron chi connectivity index (χ1n) is 6.89. The van der Waals surface area contributed by atoms with Crippen molar-refractivity contribution in [3.63, 3.8) is 0 Å². The summed E-state index contributed by atoms with van der Waals surface area (Å²) in [6, 6.07) is -0.150. The number of likely N-dealkylation sites (tertiary alicyclic amines) is 1. The first-order chi connectivity index (χ1) is 8.66. The van der Waals surface area contributed by atoms with E-state index in [0.29, 0.717) is 5.92 Å². The summed E-state index contributed by atoms with van der Waals surface area (Å²) in [6.07, 6.45) is 3.55. The maximum Gasteiger partial charge on any atom is 0.244 e. The normalized spacial score (nSPS) is 26.4. The topological polar surface area (TPSA) is 44.7 Å². The molecule has 2 atom stereocenters. The number of hydrogen-bond acceptors (Lipinski definition) is 4. The largest absolute Gasteiger partial charge is 0.353 e. The molecule has 2 aliphatic rings. The summed E-state index contributed by atoms with van der Waals surface area (Å²) in [4.78, 5) is 18.7. The Balaban J connectivity index is 1.83. The van der Waals surface area contributed by atoms with Crippen LogP contribution in [0.15, 0.2) is 4.99 Å². The van der Waals surface area contributed by atoms with Crippen LogP contribution in [0.3, 0.4) is 0 Å². The van der Waals surface area contributed by atoms with Gasteiger partial charge in [-0.05, 0) is 32.1 Å². The van der Waals surface area contributed by atoms with Gasteiger partial charge in [-0.3, -0.25) is 9.79 Å². The number of thioether (sulfide) groups is 1. The van der Waals surface area contributed by atoms with Crippen molar-refractivity contribution >= 4 is 22.8 Å². The molecule has 0 radical (unpaired) electrons. The lowest BCUT2D eigenvalue weighted by atomic mass is 10.1. The molecule has 2 unspecified atom stereocenters. The molecule has 0 aromatic carbocycles. The number of aliphatic imine (C=N–C) groups is 1. The van der Waals surface area contributed by atoms with Gasteiger partial charge in [-0.15, -0.1) is 0 Å². The van der Waals surface area contributed by atoms with Gasteiger partial charge in [0.2, 0.25) is 5.91 Å². The van der Waals surface area contributed by atoms with Gasteiger partial charge in [-0.1, -0.05) is 18.7 Å². The molecule has 1 saturated heterocycles. The molecule has 0 aromatic rings. The molecule has 0 saturated carbocycles. The van der Waals surface area contributed by atoms with Crippen LogP contribution < -0.4 is 5.32 Å². The highest BCUT2D eigenvalue weighted by Crippen LogP contribution is 2.16. The number of amidine groups is 1. The zero-order valence-electron chi connectivity index (χ0n) is 11.3. The molecule has 102 valence electrons. The molecule has 0 aliphatic carbocycles. The Bertz CT molecular complexity index is 326. The molecular weight excluding hydrogens is 246 g/mol. The molecule has 2 rings (SSSR count). The first-order valence-corrected chi connectivity index (χ1v) is 7.88. The van der Waals surface area contributed by atoms with Crippen molar-refractivity contribution in [1.29, 1.82) is 0 Å². The fourth-order valence-corrected chi connectivity index (χ4v) is 3.25. The van der Waals surface area contributed by atoms with Gasteiger partial charge in [0.05, 0.1) is 0 Å². The molecule has 1 fully saturated rings. The van der Waals surface area contributed by atoms with Crippen LogP contribution in [0.25, 0.3) is 0 Å². The van der Waals surface area contributed by atoms with Gasteiger partial charge < -0.3 is 10.2 Å². The molecule has 18 heavy (non-hydrogen) atoms. The lowest BCUT2D eigenvalue weighted by Gasteiger charge is -2.30. The quantitative estimate of drug-likeness (QED) is 0.830. The van der Waals surface area contributed by atoms with Crippen molar-refractivity contribution in [2.75, 3.05) is 25.4 Å². The van der Waals surface area contributed by atoms with E-state index in [2.05, 4.69) is 17.2 Å². The summed E-state index contributed by atoms with van der Waals surface area (Å²) >= 11 is 1.73. The summed E-state index contributed by atoms with van der Waals surface area (Å²) in [7, 11) is 0. The highest BCUT2D eigenvalue weighted by molar-refractivity contribution is 8.13. The van der Waals surface area contributed by atoms with Crippen LogP contribution in [0.4, 0.5) is 0 Å². The molecular formula is C13H23N3OS. The maximum absolute atomic E-state index is 12.2. The zero-order valence-corrected chi connectivity index (χ0v) is 12.1. The summed E-state index contributed by atoms with van der Waals surface area (Å²) < 4.78 is 0. The minimum atomic E-state index is -0.150. The van der Waals surface area contributed by atoms with E-state index in [1.54, 1.807) is 11.8 Å². The van der Waals surface area contributed by atoms with Gasteiger partial charge in [0.15, 0.2) is 5.17 Å². The van der Waals surface area contributed by atoms with Crippen LogP contribution in [0.5, 0.6) is 0 Å². The van der Waals surface area contributed by atoms with Crippen LogP contribution >= 0.6 is 11.8 Å². The van der Waals surface area contributed by atoms with E-state index < -0.39 is 0 Å². The van der Waals surface area contributed by atoms with E-state index in [1.807, 2.05) is 11.8 Å². The van der Waals surface area contributed by atoms with Crippen LogP contribution in [0.2, 0.25) is 0 Å². The number of carbonyl (C=O) groups is 1. The van der Waals surface area contributed by atoms with Gasteiger partial charge in [0.25, 0.3) is 0 Å². The zero-order chi connectivity index (χ0) is 13.0. The number of nitrogens with zero attached hydrogens (tertiary/aromatic N) is 2. The van der Waals surface area contributed by atoms with E-state index >= 15 is 0 Å². The van der Waals surface area contributed by atoms with Crippen molar-refractivity contribution < 1.29 is 4.79 Å². The summed E-state index contributed by atoms with van der Waals surface area (Å²) in [5, 5.41) is 4.19. The lowest BCUT2D eigenvalue weighted by molar-refractivity contribution is -0.133. The Morgan fingerprint density at radius 1 is 1.44 bits per heavy atom. The second kappa shape index (κ2) is 6.45. The first kappa shape index (κ1) is 13.7. The Morgan fingerprint density at radius 2 is 2.17 bits per heavy atom. The molecule has 4 nitrogen and oxygen atoms in total. The predicted octanol–water partition coefficient (Wildman–Crippen LogP) is 1.72. The van der Waals surface area contributed by atoms with Crippen molar-refractivity contribution in [3.8, 4) is 0 Å². The van der Waals surface area contributed by atoms with Gasteiger partial charge in [-0.25, -0.2) is 0 Å². The second-order valence-corrected chi connectivity index (χ2v) is 6.32. The molecule has 0 aromatic heterocycles. The highest BCUT2D eigenvalue weighted by atomic mass is 32.2. The van der Waals surface area contributed by atoms with Crippen molar-refractivity contribution in [1.82, 2.24) is 10.2 Å². The van der Waals surface area contributed by atoms with Crippen molar-refractivity contribution in [3.05, 3.63) is 0 Å². The van der Waals surface area contributed by atoms with Crippen LogP contribution in [0.1, 0.15) is 33.1 Å². The van der Waals surface area contributed by atoms with E-state index in [0.717, 1.165) is 43.4 Å². The summed E-state index contributed by atoms with van der Waals surface area (Å²) in [6.45, 7) is 6.86. The third-order valence-electron chi connectivity index (χ3n) is 3.43. The van der Waals surface area contributed by atoms with Gasteiger partial charge in [0, 0.05) is 25.4 Å². The molecule has 1 amide bonds. The molecule has 0 spiro atoms. The number of piperidine rings is 1. The van der Waals surface area contributed by atoms with Gasteiger partial charge in [-0.2, -0.15) is 0 Å². The Hall–Kier alpha value is -0.710. The fraction of sp³-hybridized carbons (Fsp3) is 0.846. The molecule has 1 N–H and O–H groups in total. The van der Waals surface area contributed by atoms with Crippen LogP contribution in [-0.2, 0) is 4.79 Å². The van der Waals surface area contributed by atoms with Crippen LogP contribution in [0, 0.1) is 5.92 Å². The average molecular weight is 269 g/mol. The molecule has 2 aliphatic heterocycles. The smallest absolute Gasteiger partial charge is 0.244 e. The number of amides is 1. The minimum Gasteiger partial charge on any atom is -0.353 e. The standard InChI is InChI=1S/C13H23N3OS/c1-10-8-14-13(18-9-10)15-11(2)12(17)16-6-4-3-5-7-16/h10-11H,3-9H2,1-2H3,(H,14,15). The van der Waals surface area contributed by atoms with Crippen molar-refractivity contribution in [2.24, 2.45) is 10.9 Å². The van der Waals surface area contributed by atoms with Gasteiger partial charge >= 0.3 is 0 Å². The van der Waals surface area contributed by atoms with Crippen LogP contribution in [-0.4, -0.2) is 47.4 Å². The average Bonchev–Trinajstić information content (AvgIpc) is 2.41. The predicted molar refractivity (Wildman–Crippen MR) is 77.0 cm³/mol. The third kappa shape index (κ3) is 3.64. The highest BCUT2D eigenvalue weighted by Gasteiger charge is 2.23. The van der Waals surface area contributed by atoms with E-state index in [9.17, 15) is 4.79 Å². The number of rotatable bonds is 2. The Labute approximate surface area is 114 Å². The van der Waals surface area contributed by atoms with Crippen molar-refractivity contribution in [2.45, 2.75) is 39.2 Å². The third-order valence-corrected chi connectivity index (χ3v) is 4.69.